The lowest BCUT2D eigenvalue weighted by Crippen LogP contribution is -2.22. The quantitative estimate of drug-likeness (QED) is 0.769. The summed E-state index contributed by atoms with van der Waals surface area (Å²) in [5, 5.41) is 7.96. The molecule has 0 aliphatic carbocycles. The van der Waals surface area contributed by atoms with E-state index in [1.54, 1.807) is 0 Å². The first-order chi connectivity index (χ1) is 7.71. The third-order valence-electron chi connectivity index (χ3n) is 3.28. The van der Waals surface area contributed by atoms with Gasteiger partial charge in [0, 0.05) is 13.6 Å². The lowest BCUT2D eigenvalue weighted by molar-refractivity contribution is 0.444. The van der Waals surface area contributed by atoms with Crippen LogP contribution in [0.25, 0.3) is 0 Å². The van der Waals surface area contributed by atoms with E-state index < -0.39 is 0 Å². The third-order valence-corrected chi connectivity index (χ3v) is 3.28. The van der Waals surface area contributed by atoms with Crippen LogP contribution in [0.15, 0.2) is 6.07 Å². The smallest absolute Gasteiger partial charge is 0.0625 e. The molecule has 0 radical (unpaired) electrons. The molecule has 1 heterocycles. The molecule has 0 atom stereocenters. The summed E-state index contributed by atoms with van der Waals surface area (Å²) in [7, 11) is 2.02. The summed E-state index contributed by atoms with van der Waals surface area (Å²) >= 11 is 0. The second kappa shape index (κ2) is 6.69. The van der Waals surface area contributed by atoms with Crippen molar-refractivity contribution < 1.29 is 0 Å². The Labute approximate surface area is 99.2 Å². The average molecular weight is 223 g/mol. The highest BCUT2D eigenvalue weighted by atomic mass is 15.3. The summed E-state index contributed by atoms with van der Waals surface area (Å²) in [5.41, 5.74) is 2.46. The van der Waals surface area contributed by atoms with Crippen molar-refractivity contribution in [2.24, 2.45) is 13.0 Å². The van der Waals surface area contributed by atoms with Gasteiger partial charge in [-0.2, -0.15) is 5.10 Å². The van der Waals surface area contributed by atoms with Gasteiger partial charge in [0.1, 0.15) is 0 Å². The van der Waals surface area contributed by atoms with Crippen LogP contribution in [0, 0.1) is 5.92 Å². The summed E-state index contributed by atoms with van der Waals surface area (Å²) in [6, 6.07) is 2.19. The SMILES string of the molecule is CCc1cc(CNCC(CC)CC)n(C)n1. The maximum Gasteiger partial charge on any atom is 0.0625 e. The van der Waals surface area contributed by atoms with Gasteiger partial charge in [0.15, 0.2) is 0 Å². The Morgan fingerprint density at radius 2 is 2.00 bits per heavy atom. The highest BCUT2D eigenvalue weighted by Gasteiger charge is 2.05. The predicted octanol–water partition coefficient (Wildman–Crippen LogP) is 2.51. The normalized spacial score (nSPS) is 11.3. The largest absolute Gasteiger partial charge is 0.311 e. The Hall–Kier alpha value is -0.830. The van der Waals surface area contributed by atoms with Gasteiger partial charge < -0.3 is 5.32 Å². The van der Waals surface area contributed by atoms with Crippen LogP contribution in [0.1, 0.15) is 45.0 Å². The molecule has 0 saturated heterocycles. The molecule has 0 spiro atoms. The van der Waals surface area contributed by atoms with E-state index in [0.717, 1.165) is 25.4 Å². The summed E-state index contributed by atoms with van der Waals surface area (Å²) in [6.07, 6.45) is 3.53. The maximum atomic E-state index is 4.44. The molecule has 16 heavy (non-hydrogen) atoms. The van der Waals surface area contributed by atoms with Crippen molar-refractivity contribution in [3.05, 3.63) is 17.5 Å². The highest BCUT2D eigenvalue weighted by molar-refractivity contribution is 5.09. The second-order valence-corrected chi connectivity index (χ2v) is 4.42. The molecular weight excluding hydrogens is 198 g/mol. The van der Waals surface area contributed by atoms with E-state index in [0.29, 0.717) is 0 Å². The van der Waals surface area contributed by atoms with Crippen molar-refractivity contribution in [1.82, 2.24) is 15.1 Å². The highest BCUT2D eigenvalue weighted by Crippen LogP contribution is 2.07. The lowest BCUT2D eigenvalue weighted by Gasteiger charge is -2.13. The summed E-state index contributed by atoms with van der Waals surface area (Å²) < 4.78 is 1.98. The summed E-state index contributed by atoms with van der Waals surface area (Å²) in [6.45, 7) is 8.70. The fourth-order valence-electron chi connectivity index (χ4n) is 1.89. The molecule has 0 aliphatic heterocycles. The molecule has 92 valence electrons. The van der Waals surface area contributed by atoms with E-state index in [4.69, 9.17) is 0 Å². The average Bonchev–Trinajstić information content (AvgIpc) is 2.66. The van der Waals surface area contributed by atoms with Crippen molar-refractivity contribution in [1.29, 1.82) is 0 Å². The number of hydrogen-bond donors (Lipinski definition) is 1. The minimum Gasteiger partial charge on any atom is -0.311 e. The first kappa shape index (κ1) is 13.2. The monoisotopic (exact) mass is 223 g/mol. The van der Waals surface area contributed by atoms with E-state index >= 15 is 0 Å². The first-order valence-corrected chi connectivity index (χ1v) is 6.43. The number of rotatable bonds is 7. The van der Waals surface area contributed by atoms with E-state index in [1.165, 1.54) is 24.2 Å². The van der Waals surface area contributed by atoms with Crippen LogP contribution < -0.4 is 5.32 Å². The minimum absolute atomic E-state index is 0.805. The van der Waals surface area contributed by atoms with Crippen molar-refractivity contribution in [2.75, 3.05) is 6.54 Å². The molecule has 1 rings (SSSR count). The summed E-state index contributed by atoms with van der Waals surface area (Å²) in [5.74, 6) is 0.805. The zero-order chi connectivity index (χ0) is 12.0. The maximum absolute atomic E-state index is 4.44. The molecule has 0 fully saturated rings. The molecule has 3 nitrogen and oxygen atoms in total. The predicted molar refractivity (Wildman–Crippen MR) is 68.4 cm³/mol. The Morgan fingerprint density at radius 1 is 1.31 bits per heavy atom. The van der Waals surface area contributed by atoms with Crippen LogP contribution in [0.4, 0.5) is 0 Å². The van der Waals surface area contributed by atoms with Crippen LogP contribution in [0.2, 0.25) is 0 Å². The van der Waals surface area contributed by atoms with E-state index in [-0.39, 0.29) is 0 Å². The molecule has 1 aromatic rings. The van der Waals surface area contributed by atoms with Crippen molar-refractivity contribution in [2.45, 2.75) is 46.6 Å². The fraction of sp³-hybridized carbons (Fsp3) is 0.769. The zero-order valence-electron chi connectivity index (χ0n) is 11.1. The van der Waals surface area contributed by atoms with Gasteiger partial charge in [-0.05, 0) is 24.9 Å². The Bertz CT molecular complexity index is 300. The van der Waals surface area contributed by atoms with Crippen LogP contribution in [0.5, 0.6) is 0 Å². The van der Waals surface area contributed by atoms with Crippen molar-refractivity contribution in [3.63, 3.8) is 0 Å². The molecule has 0 saturated carbocycles. The standard InChI is InChI=1S/C13H25N3/c1-5-11(6-2)9-14-10-13-8-12(7-3)15-16(13)4/h8,11,14H,5-7,9-10H2,1-4H3. The van der Waals surface area contributed by atoms with Gasteiger partial charge in [0.2, 0.25) is 0 Å². The number of nitrogens with one attached hydrogen (secondary N) is 1. The minimum atomic E-state index is 0.805. The number of nitrogens with zero attached hydrogens (tertiary/aromatic N) is 2. The fourth-order valence-corrected chi connectivity index (χ4v) is 1.89. The van der Waals surface area contributed by atoms with Gasteiger partial charge in [0.05, 0.1) is 11.4 Å². The molecule has 0 aliphatic rings. The van der Waals surface area contributed by atoms with Crippen LogP contribution >= 0.6 is 0 Å². The summed E-state index contributed by atoms with van der Waals surface area (Å²) in [4.78, 5) is 0. The van der Waals surface area contributed by atoms with E-state index in [1.807, 2.05) is 11.7 Å². The molecular formula is C13H25N3. The van der Waals surface area contributed by atoms with Gasteiger partial charge in [-0.25, -0.2) is 0 Å². The van der Waals surface area contributed by atoms with Gasteiger partial charge in [-0.3, -0.25) is 4.68 Å². The molecule has 0 amide bonds. The van der Waals surface area contributed by atoms with Crippen molar-refractivity contribution in [3.8, 4) is 0 Å². The Kier molecular flexibility index (Phi) is 5.53. The Morgan fingerprint density at radius 3 is 2.50 bits per heavy atom. The molecule has 0 aromatic carbocycles. The number of aromatic nitrogens is 2. The molecule has 3 heteroatoms. The van der Waals surface area contributed by atoms with Gasteiger partial charge in [-0.15, -0.1) is 0 Å². The third kappa shape index (κ3) is 3.63. The Balaban J connectivity index is 2.39. The topological polar surface area (TPSA) is 29.9 Å². The zero-order valence-corrected chi connectivity index (χ0v) is 11.1. The van der Waals surface area contributed by atoms with E-state index in [2.05, 4.69) is 37.3 Å². The van der Waals surface area contributed by atoms with Gasteiger partial charge >= 0.3 is 0 Å². The van der Waals surface area contributed by atoms with Crippen molar-refractivity contribution >= 4 is 0 Å². The molecule has 0 unspecified atom stereocenters. The first-order valence-electron chi connectivity index (χ1n) is 6.43. The van der Waals surface area contributed by atoms with Gasteiger partial charge in [0.25, 0.3) is 0 Å². The second-order valence-electron chi connectivity index (χ2n) is 4.42. The lowest BCUT2D eigenvalue weighted by atomic mass is 10.0. The number of aryl methyl sites for hydroxylation is 2. The number of hydrogen-bond acceptors (Lipinski definition) is 2. The van der Waals surface area contributed by atoms with E-state index in [9.17, 15) is 0 Å². The van der Waals surface area contributed by atoms with Crippen LogP contribution in [0.3, 0.4) is 0 Å². The molecule has 0 bridgehead atoms. The van der Waals surface area contributed by atoms with Crippen LogP contribution in [-0.4, -0.2) is 16.3 Å². The molecule has 1 aromatic heterocycles. The molecule has 1 N–H and O–H groups in total. The van der Waals surface area contributed by atoms with Gasteiger partial charge in [-0.1, -0.05) is 33.6 Å². The van der Waals surface area contributed by atoms with Crippen LogP contribution in [-0.2, 0) is 20.0 Å².